The monoisotopic (exact) mass is 159 g/mol. The summed E-state index contributed by atoms with van der Waals surface area (Å²) < 4.78 is 4.94. The standard InChI is InChI=1S/C8H17NO2/c1-5-9(8(3)10)7(2)6-11-4/h7H,5-6H2,1-4H3. The molecule has 0 saturated carbocycles. The Morgan fingerprint density at radius 3 is 2.45 bits per heavy atom. The molecule has 0 fully saturated rings. The van der Waals surface area contributed by atoms with E-state index in [1.54, 1.807) is 18.9 Å². The van der Waals surface area contributed by atoms with Crippen molar-refractivity contribution in [2.75, 3.05) is 20.3 Å². The van der Waals surface area contributed by atoms with Crippen LogP contribution in [0.5, 0.6) is 0 Å². The van der Waals surface area contributed by atoms with Crippen LogP contribution in [-0.2, 0) is 9.53 Å². The van der Waals surface area contributed by atoms with Crippen LogP contribution in [-0.4, -0.2) is 37.1 Å². The molecule has 1 unspecified atom stereocenters. The number of likely N-dealkylation sites (N-methyl/N-ethyl adjacent to an activating group) is 1. The van der Waals surface area contributed by atoms with Gasteiger partial charge in [0.15, 0.2) is 0 Å². The maximum Gasteiger partial charge on any atom is 0.219 e. The van der Waals surface area contributed by atoms with E-state index >= 15 is 0 Å². The van der Waals surface area contributed by atoms with Gasteiger partial charge in [0.2, 0.25) is 5.91 Å². The Morgan fingerprint density at radius 1 is 1.64 bits per heavy atom. The first kappa shape index (κ1) is 10.4. The minimum absolute atomic E-state index is 0.108. The number of hydrogen-bond donors (Lipinski definition) is 0. The Hall–Kier alpha value is -0.570. The van der Waals surface area contributed by atoms with E-state index in [1.165, 1.54) is 0 Å². The van der Waals surface area contributed by atoms with Crippen molar-refractivity contribution in [3.8, 4) is 0 Å². The van der Waals surface area contributed by atoms with Crippen molar-refractivity contribution in [2.45, 2.75) is 26.8 Å². The molecule has 0 aliphatic heterocycles. The van der Waals surface area contributed by atoms with Crippen molar-refractivity contribution < 1.29 is 9.53 Å². The zero-order valence-electron chi connectivity index (χ0n) is 7.76. The van der Waals surface area contributed by atoms with Gasteiger partial charge >= 0.3 is 0 Å². The summed E-state index contributed by atoms with van der Waals surface area (Å²) in [5, 5.41) is 0. The smallest absolute Gasteiger partial charge is 0.219 e. The van der Waals surface area contributed by atoms with E-state index in [2.05, 4.69) is 0 Å². The zero-order valence-corrected chi connectivity index (χ0v) is 7.76. The van der Waals surface area contributed by atoms with Gasteiger partial charge < -0.3 is 9.64 Å². The predicted molar refractivity (Wildman–Crippen MR) is 44.4 cm³/mol. The molecule has 0 radical (unpaired) electrons. The van der Waals surface area contributed by atoms with Gasteiger partial charge in [0.05, 0.1) is 12.6 Å². The molecule has 0 aliphatic carbocycles. The predicted octanol–water partition coefficient (Wildman–Crippen LogP) is 0.890. The van der Waals surface area contributed by atoms with E-state index in [0.29, 0.717) is 6.61 Å². The number of nitrogens with zero attached hydrogens (tertiary/aromatic N) is 1. The fraction of sp³-hybridized carbons (Fsp3) is 0.875. The van der Waals surface area contributed by atoms with Crippen LogP contribution in [0.25, 0.3) is 0 Å². The van der Waals surface area contributed by atoms with Crippen molar-refractivity contribution in [1.82, 2.24) is 4.90 Å². The summed E-state index contributed by atoms with van der Waals surface area (Å²) in [7, 11) is 1.64. The number of methoxy groups -OCH3 is 1. The number of ether oxygens (including phenoxy) is 1. The third kappa shape index (κ3) is 3.37. The molecule has 0 heterocycles. The molecule has 0 aliphatic rings. The third-order valence-electron chi connectivity index (χ3n) is 1.69. The average Bonchev–Trinajstić information content (AvgIpc) is 1.88. The first-order valence-electron chi connectivity index (χ1n) is 3.89. The molecule has 11 heavy (non-hydrogen) atoms. The highest BCUT2D eigenvalue weighted by Crippen LogP contribution is 1.98. The average molecular weight is 159 g/mol. The number of carbonyl (C=O) groups excluding carboxylic acids is 1. The van der Waals surface area contributed by atoms with Gasteiger partial charge in [-0.25, -0.2) is 0 Å². The zero-order chi connectivity index (χ0) is 8.85. The van der Waals surface area contributed by atoms with Crippen LogP contribution in [0.2, 0.25) is 0 Å². The minimum atomic E-state index is 0.108. The quantitative estimate of drug-likeness (QED) is 0.609. The van der Waals surface area contributed by atoms with E-state index in [0.717, 1.165) is 6.54 Å². The molecule has 0 saturated heterocycles. The van der Waals surface area contributed by atoms with Crippen LogP contribution < -0.4 is 0 Å². The highest BCUT2D eigenvalue weighted by molar-refractivity contribution is 5.73. The molecule has 0 N–H and O–H groups in total. The molecule has 1 amide bonds. The largest absolute Gasteiger partial charge is 0.383 e. The van der Waals surface area contributed by atoms with Gasteiger partial charge in [-0.2, -0.15) is 0 Å². The third-order valence-corrected chi connectivity index (χ3v) is 1.69. The van der Waals surface area contributed by atoms with Crippen molar-refractivity contribution in [3.63, 3.8) is 0 Å². The summed E-state index contributed by atoms with van der Waals surface area (Å²) >= 11 is 0. The van der Waals surface area contributed by atoms with Crippen LogP contribution in [0.4, 0.5) is 0 Å². The Bertz CT molecular complexity index is 125. The molecule has 1 atom stereocenters. The second-order valence-electron chi connectivity index (χ2n) is 2.61. The van der Waals surface area contributed by atoms with Crippen molar-refractivity contribution in [3.05, 3.63) is 0 Å². The minimum Gasteiger partial charge on any atom is -0.383 e. The summed E-state index contributed by atoms with van der Waals surface area (Å²) in [6, 6.07) is 0.183. The number of carbonyl (C=O) groups is 1. The van der Waals surface area contributed by atoms with Crippen LogP contribution in [0.3, 0.4) is 0 Å². The first-order chi connectivity index (χ1) is 5.13. The molecule has 0 spiro atoms. The lowest BCUT2D eigenvalue weighted by Crippen LogP contribution is -2.39. The van der Waals surface area contributed by atoms with Crippen molar-refractivity contribution in [2.24, 2.45) is 0 Å². The Kier molecular flexibility index (Phi) is 4.86. The molecule has 0 rings (SSSR count). The van der Waals surface area contributed by atoms with E-state index in [9.17, 15) is 4.79 Å². The molecule has 0 aromatic heterocycles. The van der Waals surface area contributed by atoms with E-state index < -0.39 is 0 Å². The van der Waals surface area contributed by atoms with Crippen molar-refractivity contribution >= 4 is 5.91 Å². The maximum atomic E-state index is 11.0. The van der Waals surface area contributed by atoms with Gasteiger partial charge in [-0.15, -0.1) is 0 Å². The fourth-order valence-electron chi connectivity index (χ4n) is 1.18. The van der Waals surface area contributed by atoms with Crippen LogP contribution in [0, 0.1) is 0 Å². The van der Waals surface area contributed by atoms with E-state index in [4.69, 9.17) is 4.74 Å². The lowest BCUT2D eigenvalue weighted by atomic mass is 10.3. The fourth-order valence-corrected chi connectivity index (χ4v) is 1.18. The lowest BCUT2D eigenvalue weighted by Gasteiger charge is -2.25. The van der Waals surface area contributed by atoms with Crippen molar-refractivity contribution in [1.29, 1.82) is 0 Å². The summed E-state index contributed by atoms with van der Waals surface area (Å²) in [5.74, 6) is 0.108. The highest BCUT2D eigenvalue weighted by atomic mass is 16.5. The summed E-state index contributed by atoms with van der Waals surface area (Å²) in [4.78, 5) is 12.7. The second-order valence-corrected chi connectivity index (χ2v) is 2.61. The van der Waals surface area contributed by atoms with E-state index in [-0.39, 0.29) is 11.9 Å². The lowest BCUT2D eigenvalue weighted by molar-refractivity contribution is -0.131. The van der Waals surface area contributed by atoms with Crippen LogP contribution in [0.15, 0.2) is 0 Å². The Labute approximate surface area is 68.3 Å². The highest BCUT2D eigenvalue weighted by Gasteiger charge is 2.13. The van der Waals surface area contributed by atoms with Gasteiger partial charge in [0, 0.05) is 20.6 Å². The summed E-state index contributed by atoms with van der Waals surface area (Å²) in [6.07, 6.45) is 0. The van der Waals surface area contributed by atoms with Gasteiger partial charge in [0.1, 0.15) is 0 Å². The first-order valence-corrected chi connectivity index (χ1v) is 3.89. The van der Waals surface area contributed by atoms with Crippen LogP contribution >= 0.6 is 0 Å². The van der Waals surface area contributed by atoms with E-state index in [1.807, 2.05) is 13.8 Å². The molecule has 0 bridgehead atoms. The maximum absolute atomic E-state index is 11.0. The van der Waals surface area contributed by atoms with Gasteiger partial charge in [-0.3, -0.25) is 4.79 Å². The number of rotatable bonds is 4. The van der Waals surface area contributed by atoms with Gasteiger partial charge in [0.25, 0.3) is 0 Å². The topological polar surface area (TPSA) is 29.5 Å². The molecular formula is C8H17NO2. The second kappa shape index (κ2) is 5.13. The van der Waals surface area contributed by atoms with Gasteiger partial charge in [-0.1, -0.05) is 0 Å². The number of amides is 1. The SMILES string of the molecule is CCN(C(C)=O)C(C)COC. The molecular weight excluding hydrogens is 142 g/mol. The molecule has 0 aromatic rings. The molecule has 66 valence electrons. The number of hydrogen-bond acceptors (Lipinski definition) is 2. The van der Waals surface area contributed by atoms with Gasteiger partial charge in [-0.05, 0) is 13.8 Å². The summed E-state index contributed by atoms with van der Waals surface area (Å²) in [5.41, 5.74) is 0. The molecule has 0 aromatic carbocycles. The van der Waals surface area contributed by atoms with Crippen LogP contribution in [0.1, 0.15) is 20.8 Å². The molecule has 3 heteroatoms. The summed E-state index contributed by atoms with van der Waals surface area (Å²) in [6.45, 7) is 6.88. The normalized spacial score (nSPS) is 12.7. The Balaban J connectivity index is 3.91. The Morgan fingerprint density at radius 2 is 2.18 bits per heavy atom. The molecule has 3 nitrogen and oxygen atoms in total.